The van der Waals surface area contributed by atoms with E-state index in [1.54, 1.807) is 0 Å². The molecule has 0 bridgehead atoms. The second-order valence-electron chi connectivity index (χ2n) is 0.864. The molecule has 0 aromatic carbocycles. The normalized spacial score (nSPS) is 9.75. The second-order valence-corrected chi connectivity index (χ2v) is 0.864. The monoisotopic (exact) mass is 122 g/mol. The predicted octanol–water partition coefficient (Wildman–Crippen LogP) is -0.976. The van der Waals surface area contributed by atoms with Crippen LogP contribution < -0.4 is 11.3 Å². The highest BCUT2D eigenvalue weighted by Gasteiger charge is 1.77. The molecule has 50 valence electrons. The van der Waals surface area contributed by atoms with Crippen molar-refractivity contribution in [1.82, 2.24) is 11.3 Å². The summed E-state index contributed by atoms with van der Waals surface area (Å²) in [7, 11) is 0. The van der Waals surface area contributed by atoms with Crippen LogP contribution in [0.25, 0.3) is 0 Å². The Morgan fingerprint density at radius 3 is 1.62 bits per heavy atom. The highest BCUT2D eigenvalue weighted by atomic mass is 16.9. The zero-order valence-electron chi connectivity index (χ0n) is 4.05. The second kappa shape index (κ2) is 6.76. The highest BCUT2D eigenvalue weighted by molar-refractivity contribution is 4.24. The van der Waals surface area contributed by atoms with E-state index in [-0.39, 0.29) is 13.2 Å². The van der Waals surface area contributed by atoms with Crippen LogP contribution in [0.5, 0.6) is 0 Å². The Morgan fingerprint density at radius 1 is 1.00 bits per heavy atom. The average molecular weight is 122 g/mol. The minimum absolute atomic E-state index is 0.0404. The van der Waals surface area contributed by atoms with E-state index >= 15 is 0 Å². The Morgan fingerprint density at radius 2 is 1.38 bits per heavy atom. The molecule has 0 amide bonds. The molecule has 0 fully saturated rings. The molecule has 0 aliphatic carbocycles. The van der Waals surface area contributed by atoms with Crippen LogP contribution in [0.2, 0.25) is 0 Å². The van der Waals surface area contributed by atoms with Crippen molar-refractivity contribution in [2.75, 3.05) is 13.2 Å². The molecule has 0 aromatic rings. The summed E-state index contributed by atoms with van der Waals surface area (Å²) in [5, 5.41) is 18.5. The van der Waals surface area contributed by atoms with Crippen LogP contribution in [-0.2, 0) is 9.68 Å². The summed E-state index contributed by atoms with van der Waals surface area (Å²) in [6.07, 6.45) is 0. The standard InChI is InChI=1S/C2H6N2O4/c5-3-7-1-2-8-4-6/h3-4H,1-2H2/q-2. The Balaban J connectivity index is 2.53. The molecule has 0 aliphatic rings. The molecule has 0 heterocycles. The summed E-state index contributed by atoms with van der Waals surface area (Å²) >= 11 is 0. The summed E-state index contributed by atoms with van der Waals surface area (Å²) in [5.41, 5.74) is 2.33. The highest BCUT2D eigenvalue weighted by Crippen LogP contribution is 1.66. The van der Waals surface area contributed by atoms with E-state index in [1.165, 1.54) is 11.3 Å². The lowest BCUT2D eigenvalue weighted by molar-refractivity contribution is -0.0107. The maximum atomic E-state index is 9.27. The van der Waals surface area contributed by atoms with Gasteiger partial charge in [0.1, 0.15) is 0 Å². The van der Waals surface area contributed by atoms with Crippen molar-refractivity contribution in [2.45, 2.75) is 0 Å². The van der Waals surface area contributed by atoms with Gasteiger partial charge in [-0.3, -0.25) is 11.3 Å². The lowest BCUT2D eigenvalue weighted by Crippen LogP contribution is -2.15. The Hall–Kier alpha value is -0.240. The van der Waals surface area contributed by atoms with Crippen molar-refractivity contribution in [3.63, 3.8) is 0 Å². The topological polar surface area (TPSA) is 88.6 Å². The summed E-state index contributed by atoms with van der Waals surface area (Å²) < 4.78 is 0. The SMILES string of the molecule is [O-]NOCCON[O-]. The quantitative estimate of drug-likeness (QED) is 0.360. The predicted molar refractivity (Wildman–Crippen MR) is 24.9 cm³/mol. The number of hydrogen-bond acceptors (Lipinski definition) is 6. The molecular weight excluding hydrogens is 116 g/mol. The first-order chi connectivity index (χ1) is 3.91. The fourth-order valence-electron chi connectivity index (χ4n) is 0.167. The lowest BCUT2D eigenvalue weighted by atomic mass is 10.8. The molecular formula is C2H6N2O4-2. The van der Waals surface area contributed by atoms with E-state index in [4.69, 9.17) is 0 Å². The van der Waals surface area contributed by atoms with Gasteiger partial charge < -0.3 is 20.1 Å². The largest absolute Gasteiger partial charge is 0.765 e. The molecule has 0 aliphatic heterocycles. The van der Waals surface area contributed by atoms with Crippen LogP contribution in [0, 0.1) is 10.4 Å². The summed E-state index contributed by atoms with van der Waals surface area (Å²) in [6.45, 7) is 0.0808. The van der Waals surface area contributed by atoms with Crippen LogP contribution in [-0.4, -0.2) is 13.2 Å². The van der Waals surface area contributed by atoms with Gasteiger partial charge in [0.15, 0.2) is 0 Å². The maximum Gasteiger partial charge on any atom is 0.0923 e. The van der Waals surface area contributed by atoms with E-state index in [0.717, 1.165) is 0 Å². The average Bonchev–Trinajstić information content (AvgIpc) is 1.81. The molecule has 0 saturated heterocycles. The van der Waals surface area contributed by atoms with Crippen molar-refractivity contribution in [3.8, 4) is 0 Å². The maximum absolute atomic E-state index is 9.27. The van der Waals surface area contributed by atoms with Gasteiger partial charge in [-0.25, -0.2) is 0 Å². The number of rotatable bonds is 5. The summed E-state index contributed by atoms with van der Waals surface area (Å²) in [6, 6.07) is 0. The van der Waals surface area contributed by atoms with Crippen LogP contribution in [0.3, 0.4) is 0 Å². The van der Waals surface area contributed by atoms with E-state index in [9.17, 15) is 10.4 Å². The van der Waals surface area contributed by atoms with Gasteiger partial charge in [0.2, 0.25) is 0 Å². The van der Waals surface area contributed by atoms with Gasteiger partial charge in [0.25, 0.3) is 0 Å². The molecule has 8 heavy (non-hydrogen) atoms. The van der Waals surface area contributed by atoms with Gasteiger partial charge in [0.05, 0.1) is 13.2 Å². The van der Waals surface area contributed by atoms with Crippen LogP contribution in [0.15, 0.2) is 0 Å². The van der Waals surface area contributed by atoms with Crippen molar-refractivity contribution in [2.24, 2.45) is 0 Å². The first-order valence-corrected chi connectivity index (χ1v) is 1.89. The molecule has 0 rings (SSSR count). The van der Waals surface area contributed by atoms with Crippen molar-refractivity contribution in [3.05, 3.63) is 10.4 Å². The number of nitrogens with one attached hydrogen (secondary N) is 2. The number of hydrogen-bond donors (Lipinski definition) is 2. The van der Waals surface area contributed by atoms with Crippen LogP contribution in [0.4, 0.5) is 0 Å². The molecule has 2 N–H and O–H groups in total. The third-order valence-corrected chi connectivity index (χ3v) is 0.405. The van der Waals surface area contributed by atoms with Crippen LogP contribution >= 0.6 is 0 Å². The molecule has 6 nitrogen and oxygen atoms in total. The molecule has 0 radical (unpaired) electrons. The Labute approximate surface area is 45.8 Å². The third-order valence-electron chi connectivity index (χ3n) is 0.405. The molecule has 6 heteroatoms. The van der Waals surface area contributed by atoms with Gasteiger partial charge in [-0.05, 0) is 0 Å². The molecule has 0 atom stereocenters. The summed E-state index contributed by atoms with van der Waals surface area (Å²) in [5.74, 6) is 0. The zero-order chi connectivity index (χ0) is 6.24. The van der Waals surface area contributed by atoms with E-state index < -0.39 is 0 Å². The fourth-order valence-corrected chi connectivity index (χ4v) is 0.167. The van der Waals surface area contributed by atoms with Gasteiger partial charge >= 0.3 is 0 Å². The van der Waals surface area contributed by atoms with Gasteiger partial charge in [-0.15, -0.1) is 0 Å². The molecule has 0 unspecified atom stereocenters. The molecule has 0 aromatic heterocycles. The van der Waals surface area contributed by atoms with Crippen molar-refractivity contribution >= 4 is 0 Å². The first-order valence-electron chi connectivity index (χ1n) is 1.89. The van der Waals surface area contributed by atoms with E-state index in [0.29, 0.717) is 0 Å². The lowest BCUT2D eigenvalue weighted by Gasteiger charge is -2.09. The fraction of sp³-hybridized carbons (Fsp3) is 1.00. The van der Waals surface area contributed by atoms with Crippen molar-refractivity contribution in [1.29, 1.82) is 0 Å². The van der Waals surface area contributed by atoms with E-state index in [2.05, 4.69) is 9.68 Å². The smallest absolute Gasteiger partial charge is 0.0923 e. The molecule has 0 spiro atoms. The first kappa shape index (κ1) is 7.76. The third kappa shape index (κ3) is 5.76. The molecule has 0 saturated carbocycles. The minimum atomic E-state index is 0.0404. The van der Waals surface area contributed by atoms with Gasteiger partial charge in [-0.1, -0.05) is 0 Å². The van der Waals surface area contributed by atoms with E-state index in [1.807, 2.05) is 0 Å². The summed E-state index contributed by atoms with van der Waals surface area (Å²) in [4.78, 5) is 8.05. The van der Waals surface area contributed by atoms with Gasteiger partial charge in [0, 0.05) is 0 Å². The Bertz CT molecular complexity index is 37.0. The van der Waals surface area contributed by atoms with Crippen molar-refractivity contribution < 1.29 is 9.68 Å². The van der Waals surface area contributed by atoms with Gasteiger partial charge in [-0.2, -0.15) is 0 Å². The zero-order valence-corrected chi connectivity index (χ0v) is 4.05. The van der Waals surface area contributed by atoms with Crippen LogP contribution in [0.1, 0.15) is 0 Å². The minimum Gasteiger partial charge on any atom is -0.765 e. The Kier molecular flexibility index (Phi) is 6.56.